The van der Waals surface area contributed by atoms with E-state index in [-0.39, 0.29) is 12.0 Å². The van der Waals surface area contributed by atoms with Gasteiger partial charge in [-0.05, 0) is 50.0 Å². The number of rotatable bonds is 7. The predicted molar refractivity (Wildman–Crippen MR) is 83.0 cm³/mol. The predicted octanol–water partition coefficient (Wildman–Crippen LogP) is 0.722. The molecular formula is C16H25N3O2. The number of aliphatic hydroxyl groups is 1. The average molecular weight is 291 g/mol. The summed E-state index contributed by atoms with van der Waals surface area (Å²) in [6.45, 7) is 4.77. The summed E-state index contributed by atoms with van der Waals surface area (Å²) in [5.74, 6) is -0.385. The van der Waals surface area contributed by atoms with Crippen molar-refractivity contribution < 1.29 is 9.90 Å². The number of likely N-dealkylation sites (tertiary alicyclic amines) is 1. The van der Waals surface area contributed by atoms with Crippen LogP contribution in [0.5, 0.6) is 0 Å². The van der Waals surface area contributed by atoms with Crippen LogP contribution in [0.25, 0.3) is 0 Å². The molecule has 1 saturated heterocycles. The maximum Gasteiger partial charge on any atom is 0.248 e. The number of nitrogens with one attached hydrogen (secondary N) is 1. The fourth-order valence-electron chi connectivity index (χ4n) is 2.64. The van der Waals surface area contributed by atoms with E-state index in [0.29, 0.717) is 5.56 Å². The average Bonchev–Trinajstić information content (AvgIpc) is 2.49. The van der Waals surface area contributed by atoms with Crippen molar-refractivity contribution in [2.45, 2.75) is 31.9 Å². The molecule has 4 N–H and O–H groups in total. The third kappa shape index (κ3) is 5.46. The van der Waals surface area contributed by atoms with Crippen LogP contribution in [0.1, 0.15) is 35.2 Å². The number of hydrogen-bond donors (Lipinski definition) is 3. The van der Waals surface area contributed by atoms with E-state index in [2.05, 4.69) is 10.2 Å². The molecule has 0 aliphatic carbocycles. The minimum absolute atomic E-state index is 0.100. The van der Waals surface area contributed by atoms with Crippen LogP contribution >= 0.6 is 0 Å². The zero-order chi connectivity index (χ0) is 15.1. The van der Waals surface area contributed by atoms with Gasteiger partial charge in [0.05, 0.1) is 6.10 Å². The van der Waals surface area contributed by atoms with Gasteiger partial charge >= 0.3 is 0 Å². The molecule has 1 amide bonds. The van der Waals surface area contributed by atoms with Crippen LogP contribution in [0.2, 0.25) is 0 Å². The van der Waals surface area contributed by atoms with Gasteiger partial charge in [0.25, 0.3) is 0 Å². The molecule has 0 aromatic heterocycles. The van der Waals surface area contributed by atoms with Gasteiger partial charge in [-0.15, -0.1) is 0 Å². The first-order chi connectivity index (χ1) is 10.1. The molecule has 1 aromatic rings. The Morgan fingerprint density at radius 3 is 2.86 bits per heavy atom. The van der Waals surface area contributed by atoms with Gasteiger partial charge < -0.3 is 21.1 Å². The van der Waals surface area contributed by atoms with Crippen LogP contribution in [-0.2, 0) is 6.54 Å². The Kier molecular flexibility index (Phi) is 6.17. The summed E-state index contributed by atoms with van der Waals surface area (Å²) in [4.78, 5) is 13.5. The molecular weight excluding hydrogens is 266 g/mol. The van der Waals surface area contributed by atoms with Gasteiger partial charge in [0, 0.05) is 25.2 Å². The number of benzene rings is 1. The molecule has 0 spiro atoms. The molecule has 1 aromatic carbocycles. The fourth-order valence-corrected chi connectivity index (χ4v) is 2.64. The Morgan fingerprint density at radius 2 is 2.14 bits per heavy atom. The van der Waals surface area contributed by atoms with Crippen molar-refractivity contribution >= 4 is 5.91 Å². The third-order valence-corrected chi connectivity index (χ3v) is 3.93. The Balaban J connectivity index is 1.61. The Bertz CT molecular complexity index is 457. The van der Waals surface area contributed by atoms with E-state index in [0.717, 1.165) is 57.5 Å². The van der Waals surface area contributed by atoms with Crippen molar-refractivity contribution in [3.05, 3.63) is 35.4 Å². The van der Waals surface area contributed by atoms with E-state index in [1.165, 1.54) is 0 Å². The molecule has 2 rings (SSSR count). The number of carbonyl (C=O) groups excluding carboxylic acids is 1. The van der Waals surface area contributed by atoms with E-state index in [4.69, 9.17) is 5.73 Å². The second-order valence-electron chi connectivity index (χ2n) is 5.67. The highest BCUT2D eigenvalue weighted by Gasteiger charge is 2.15. The van der Waals surface area contributed by atoms with Gasteiger partial charge in [-0.3, -0.25) is 4.79 Å². The van der Waals surface area contributed by atoms with E-state index >= 15 is 0 Å². The maximum absolute atomic E-state index is 11.1. The molecule has 0 radical (unpaired) electrons. The number of amides is 1. The third-order valence-electron chi connectivity index (χ3n) is 3.93. The van der Waals surface area contributed by atoms with E-state index in [1.807, 2.05) is 18.2 Å². The lowest BCUT2D eigenvalue weighted by atomic mass is 10.1. The summed E-state index contributed by atoms with van der Waals surface area (Å²) in [5.41, 5.74) is 6.90. The molecule has 116 valence electrons. The van der Waals surface area contributed by atoms with Gasteiger partial charge in [0.1, 0.15) is 0 Å². The van der Waals surface area contributed by atoms with Gasteiger partial charge in [0.15, 0.2) is 0 Å². The summed E-state index contributed by atoms with van der Waals surface area (Å²) < 4.78 is 0. The normalized spacial score (nSPS) is 17.0. The van der Waals surface area contributed by atoms with E-state index in [1.54, 1.807) is 6.07 Å². The number of hydrogen-bond acceptors (Lipinski definition) is 4. The van der Waals surface area contributed by atoms with Crippen molar-refractivity contribution in [2.75, 3.05) is 26.2 Å². The first-order valence-electron chi connectivity index (χ1n) is 7.65. The minimum Gasteiger partial charge on any atom is -0.393 e. The summed E-state index contributed by atoms with van der Waals surface area (Å²) in [6, 6.07) is 7.42. The summed E-state index contributed by atoms with van der Waals surface area (Å²) in [7, 11) is 0. The molecule has 0 atom stereocenters. The standard InChI is InChI=1S/C16H25N3O2/c17-16(21)14-4-1-3-13(11-14)12-18-7-2-8-19-9-5-15(20)6-10-19/h1,3-4,11,15,18,20H,2,5-10,12H2,(H2,17,21). The molecule has 0 unspecified atom stereocenters. The minimum atomic E-state index is -0.385. The van der Waals surface area contributed by atoms with Crippen LogP contribution in [0.3, 0.4) is 0 Å². The lowest BCUT2D eigenvalue weighted by Crippen LogP contribution is -2.37. The number of piperidine rings is 1. The van der Waals surface area contributed by atoms with Gasteiger partial charge in [-0.2, -0.15) is 0 Å². The number of carbonyl (C=O) groups is 1. The SMILES string of the molecule is NC(=O)c1cccc(CNCCCN2CCC(O)CC2)c1. The van der Waals surface area contributed by atoms with E-state index in [9.17, 15) is 9.90 Å². The van der Waals surface area contributed by atoms with Crippen LogP contribution < -0.4 is 11.1 Å². The van der Waals surface area contributed by atoms with Crippen LogP contribution in [-0.4, -0.2) is 48.2 Å². The lowest BCUT2D eigenvalue weighted by molar-refractivity contribution is 0.0821. The number of aliphatic hydroxyl groups excluding tert-OH is 1. The number of nitrogens with zero attached hydrogens (tertiary/aromatic N) is 1. The van der Waals surface area contributed by atoms with Crippen molar-refractivity contribution in [2.24, 2.45) is 5.73 Å². The van der Waals surface area contributed by atoms with Crippen molar-refractivity contribution in [1.82, 2.24) is 10.2 Å². The molecule has 5 heteroatoms. The van der Waals surface area contributed by atoms with Crippen molar-refractivity contribution in [3.8, 4) is 0 Å². The number of primary amides is 1. The second kappa shape index (κ2) is 8.12. The molecule has 5 nitrogen and oxygen atoms in total. The summed E-state index contributed by atoms with van der Waals surface area (Å²) in [6.07, 6.45) is 2.78. The second-order valence-corrected chi connectivity index (χ2v) is 5.67. The highest BCUT2D eigenvalue weighted by molar-refractivity contribution is 5.92. The van der Waals surface area contributed by atoms with Crippen molar-refractivity contribution in [1.29, 1.82) is 0 Å². The Morgan fingerprint density at radius 1 is 1.38 bits per heavy atom. The lowest BCUT2D eigenvalue weighted by Gasteiger charge is -2.29. The smallest absolute Gasteiger partial charge is 0.248 e. The summed E-state index contributed by atoms with van der Waals surface area (Å²) in [5, 5.41) is 12.8. The van der Waals surface area contributed by atoms with Gasteiger partial charge in [-0.1, -0.05) is 12.1 Å². The van der Waals surface area contributed by atoms with Crippen molar-refractivity contribution in [3.63, 3.8) is 0 Å². The molecule has 21 heavy (non-hydrogen) atoms. The molecule has 1 aliphatic rings. The zero-order valence-corrected chi connectivity index (χ0v) is 12.4. The summed E-state index contributed by atoms with van der Waals surface area (Å²) >= 11 is 0. The molecule has 0 saturated carbocycles. The number of nitrogens with two attached hydrogens (primary N) is 1. The quantitative estimate of drug-likeness (QED) is 0.647. The fraction of sp³-hybridized carbons (Fsp3) is 0.562. The van der Waals surface area contributed by atoms with Gasteiger partial charge in [-0.25, -0.2) is 0 Å². The largest absolute Gasteiger partial charge is 0.393 e. The highest BCUT2D eigenvalue weighted by atomic mass is 16.3. The maximum atomic E-state index is 11.1. The molecule has 0 bridgehead atoms. The van der Waals surface area contributed by atoms with E-state index < -0.39 is 0 Å². The highest BCUT2D eigenvalue weighted by Crippen LogP contribution is 2.09. The topological polar surface area (TPSA) is 78.6 Å². The van der Waals surface area contributed by atoms with Gasteiger partial charge in [0.2, 0.25) is 5.91 Å². The van der Waals surface area contributed by atoms with Crippen LogP contribution in [0.15, 0.2) is 24.3 Å². The van der Waals surface area contributed by atoms with Crippen LogP contribution in [0.4, 0.5) is 0 Å². The zero-order valence-electron chi connectivity index (χ0n) is 12.4. The Hall–Kier alpha value is -1.43. The molecule has 1 heterocycles. The van der Waals surface area contributed by atoms with Crippen LogP contribution in [0, 0.1) is 0 Å². The monoisotopic (exact) mass is 291 g/mol. The molecule has 1 fully saturated rings. The molecule has 1 aliphatic heterocycles. The first kappa shape index (κ1) is 15.9. The Labute approximate surface area is 126 Å². The first-order valence-corrected chi connectivity index (χ1v) is 7.65.